The average Bonchev–Trinajstić information content (AvgIpc) is 2.66. The predicted molar refractivity (Wildman–Crippen MR) is 114 cm³/mol. The van der Waals surface area contributed by atoms with Gasteiger partial charge in [0.15, 0.2) is 5.75 Å². The Bertz CT molecular complexity index is 1080. The molecule has 5 nitrogen and oxygen atoms in total. The number of rotatable bonds is 2. The fourth-order valence-electron chi connectivity index (χ4n) is 3.86. The summed E-state index contributed by atoms with van der Waals surface area (Å²) in [5, 5.41) is 0. The molecule has 2 aliphatic heterocycles. The lowest BCUT2D eigenvalue weighted by atomic mass is 9.80. The smallest absolute Gasteiger partial charge is 0.368 e. The first-order valence-corrected chi connectivity index (χ1v) is 11.0. The largest absolute Gasteiger partial charge is 0.428 e. The van der Waals surface area contributed by atoms with E-state index in [0.29, 0.717) is 30.1 Å². The normalized spacial score (nSPS) is 23.7. The Morgan fingerprint density at radius 2 is 1.76 bits per heavy atom. The summed E-state index contributed by atoms with van der Waals surface area (Å²) in [7, 11) is -4.04. The summed E-state index contributed by atoms with van der Waals surface area (Å²) >= 11 is 0. The van der Waals surface area contributed by atoms with E-state index in [9.17, 15) is 8.42 Å². The summed E-state index contributed by atoms with van der Waals surface area (Å²) in [4.78, 5) is 0. The number of nitrogens with zero attached hydrogens (tertiary/aromatic N) is 1. The molecule has 2 atom stereocenters. The first kappa shape index (κ1) is 19.9. The van der Waals surface area contributed by atoms with Crippen LogP contribution in [0.15, 0.2) is 65.1 Å². The van der Waals surface area contributed by atoms with E-state index in [2.05, 4.69) is 56.0 Å². The minimum Gasteiger partial charge on any atom is -0.368 e. The van der Waals surface area contributed by atoms with E-state index >= 15 is 0 Å². The van der Waals surface area contributed by atoms with Crippen LogP contribution in [0.2, 0.25) is 0 Å². The standard InChI is InChI=1S/C23H25NO4S/c1-15-13-19(21-18-7-5-6-8-20(18)28-29(25,26)24-21)22(27-14-15)16-9-11-17(12-10-16)23(2,3)4/h5-12,19,22H,1,13-14H2,2-4H3/t19?,22-/m1/s1. The highest BCUT2D eigenvalue weighted by Crippen LogP contribution is 2.41. The van der Waals surface area contributed by atoms with Gasteiger partial charge in [-0.3, -0.25) is 0 Å². The second kappa shape index (κ2) is 7.11. The Morgan fingerprint density at radius 3 is 2.45 bits per heavy atom. The van der Waals surface area contributed by atoms with Gasteiger partial charge in [-0.1, -0.05) is 69.3 Å². The van der Waals surface area contributed by atoms with Crippen molar-refractivity contribution in [3.05, 3.63) is 77.4 Å². The van der Waals surface area contributed by atoms with Crippen molar-refractivity contribution >= 4 is 16.0 Å². The molecule has 2 aromatic rings. The van der Waals surface area contributed by atoms with Crippen molar-refractivity contribution in [1.82, 2.24) is 0 Å². The molecule has 2 heterocycles. The van der Waals surface area contributed by atoms with Crippen LogP contribution in [0.3, 0.4) is 0 Å². The molecule has 0 amide bonds. The summed E-state index contributed by atoms with van der Waals surface area (Å²) in [6, 6.07) is 15.4. The second-order valence-electron chi connectivity index (χ2n) is 8.65. The van der Waals surface area contributed by atoms with Crippen LogP contribution in [0.4, 0.5) is 0 Å². The van der Waals surface area contributed by atoms with Crippen molar-refractivity contribution in [3.8, 4) is 5.75 Å². The van der Waals surface area contributed by atoms with E-state index < -0.39 is 10.3 Å². The van der Waals surface area contributed by atoms with Gasteiger partial charge in [0.25, 0.3) is 0 Å². The van der Waals surface area contributed by atoms with Gasteiger partial charge in [0, 0.05) is 11.5 Å². The van der Waals surface area contributed by atoms with Crippen LogP contribution in [0, 0.1) is 5.92 Å². The van der Waals surface area contributed by atoms with Crippen molar-refractivity contribution in [2.45, 2.75) is 38.7 Å². The second-order valence-corrected chi connectivity index (χ2v) is 9.85. The third kappa shape index (κ3) is 4.00. The summed E-state index contributed by atoms with van der Waals surface area (Å²) in [6.45, 7) is 11.0. The van der Waals surface area contributed by atoms with Crippen LogP contribution in [0.25, 0.3) is 0 Å². The number of benzene rings is 2. The molecule has 1 saturated heterocycles. The molecule has 2 aliphatic rings. The van der Waals surface area contributed by atoms with Crippen molar-refractivity contribution in [2.24, 2.45) is 10.3 Å². The van der Waals surface area contributed by atoms with Crippen molar-refractivity contribution in [3.63, 3.8) is 0 Å². The minimum atomic E-state index is -4.04. The zero-order valence-corrected chi connectivity index (χ0v) is 17.7. The molecule has 0 aliphatic carbocycles. The Morgan fingerprint density at radius 1 is 1.07 bits per heavy atom. The molecule has 0 bridgehead atoms. The van der Waals surface area contributed by atoms with E-state index in [1.54, 1.807) is 12.1 Å². The molecule has 152 valence electrons. The van der Waals surface area contributed by atoms with Crippen molar-refractivity contribution in [1.29, 1.82) is 0 Å². The van der Waals surface area contributed by atoms with Gasteiger partial charge in [-0.15, -0.1) is 4.40 Å². The quantitative estimate of drug-likeness (QED) is 0.669. The number of para-hydroxylation sites is 1. The number of ether oxygens (including phenoxy) is 1. The highest BCUT2D eigenvalue weighted by Gasteiger charge is 2.38. The van der Waals surface area contributed by atoms with Gasteiger partial charge in [0.05, 0.1) is 18.4 Å². The average molecular weight is 412 g/mol. The first-order chi connectivity index (χ1) is 13.6. The lowest BCUT2D eigenvalue weighted by Crippen LogP contribution is -2.33. The van der Waals surface area contributed by atoms with Gasteiger partial charge < -0.3 is 8.92 Å². The Kier molecular flexibility index (Phi) is 4.87. The van der Waals surface area contributed by atoms with Crippen LogP contribution in [0.1, 0.15) is 50.0 Å². The number of hydrogen-bond acceptors (Lipinski definition) is 4. The molecule has 0 spiro atoms. The lowest BCUT2D eigenvalue weighted by Gasteiger charge is -2.35. The van der Waals surface area contributed by atoms with Crippen molar-refractivity contribution < 1.29 is 17.3 Å². The van der Waals surface area contributed by atoms with Crippen LogP contribution < -0.4 is 4.18 Å². The van der Waals surface area contributed by atoms with Crippen LogP contribution in [-0.2, 0) is 20.5 Å². The summed E-state index contributed by atoms with van der Waals surface area (Å²) in [6.07, 6.45) is 0.295. The Labute approximate surface area is 172 Å². The number of hydrogen-bond donors (Lipinski definition) is 0. The highest BCUT2D eigenvalue weighted by molar-refractivity contribution is 7.86. The molecule has 0 radical (unpaired) electrons. The van der Waals surface area contributed by atoms with Gasteiger partial charge >= 0.3 is 10.3 Å². The molecule has 1 unspecified atom stereocenters. The Hall–Kier alpha value is -2.44. The molecule has 0 N–H and O–H groups in total. The maximum Gasteiger partial charge on any atom is 0.428 e. The summed E-state index contributed by atoms with van der Waals surface area (Å²) in [5.74, 6) is 0.0343. The van der Waals surface area contributed by atoms with Gasteiger partial charge in [0.2, 0.25) is 0 Å². The maximum absolute atomic E-state index is 12.3. The molecule has 0 saturated carbocycles. The monoisotopic (exact) mass is 411 g/mol. The molecular weight excluding hydrogens is 386 g/mol. The van der Waals surface area contributed by atoms with E-state index in [4.69, 9.17) is 8.92 Å². The van der Waals surface area contributed by atoms with E-state index in [1.807, 2.05) is 12.1 Å². The molecule has 6 heteroatoms. The van der Waals surface area contributed by atoms with E-state index in [-0.39, 0.29) is 17.4 Å². The molecular formula is C23H25NO4S. The maximum atomic E-state index is 12.3. The molecule has 2 aromatic carbocycles. The summed E-state index contributed by atoms with van der Waals surface area (Å²) in [5.41, 5.74) is 4.35. The molecule has 1 fully saturated rings. The zero-order valence-electron chi connectivity index (χ0n) is 16.9. The van der Waals surface area contributed by atoms with Gasteiger partial charge in [0.1, 0.15) is 0 Å². The topological polar surface area (TPSA) is 65.0 Å². The first-order valence-electron chi connectivity index (χ1n) is 9.66. The molecule has 0 aromatic heterocycles. The van der Waals surface area contributed by atoms with Gasteiger partial charge in [-0.25, -0.2) is 0 Å². The van der Waals surface area contributed by atoms with Crippen molar-refractivity contribution in [2.75, 3.05) is 6.61 Å². The van der Waals surface area contributed by atoms with Gasteiger partial charge in [-0.05, 0) is 35.1 Å². The third-order valence-electron chi connectivity index (χ3n) is 5.37. The fourth-order valence-corrected chi connectivity index (χ4v) is 4.75. The van der Waals surface area contributed by atoms with E-state index in [0.717, 1.165) is 11.1 Å². The van der Waals surface area contributed by atoms with E-state index in [1.165, 1.54) is 5.56 Å². The highest BCUT2D eigenvalue weighted by atomic mass is 32.2. The minimum absolute atomic E-state index is 0.0530. The SMILES string of the molecule is C=C1CO[C@H](c2ccc(C(C)(C)C)cc2)C(C2=NS(=O)(=O)Oc3ccccc32)C1. The Balaban J connectivity index is 1.77. The van der Waals surface area contributed by atoms with Crippen LogP contribution >= 0.6 is 0 Å². The fraction of sp³-hybridized carbons (Fsp3) is 0.348. The van der Waals surface area contributed by atoms with Crippen LogP contribution in [0.5, 0.6) is 5.75 Å². The molecule has 4 rings (SSSR count). The lowest BCUT2D eigenvalue weighted by molar-refractivity contribution is 0.0209. The third-order valence-corrected chi connectivity index (χ3v) is 6.18. The molecule has 29 heavy (non-hydrogen) atoms. The van der Waals surface area contributed by atoms with Gasteiger partial charge in [-0.2, -0.15) is 8.42 Å². The predicted octanol–water partition coefficient (Wildman–Crippen LogP) is 4.74. The number of fused-ring (bicyclic) bond motifs is 1. The summed E-state index contributed by atoms with van der Waals surface area (Å²) < 4.78 is 39.8. The zero-order chi connectivity index (χ0) is 20.8. The van der Waals surface area contributed by atoms with Crippen LogP contribution in [-0.4, -0.2) is 20.7 Å².